The normalized spacial score (nSPS) is 19.9. The van der Waals surface area contributed by atoms with Crippen molar-refractivity contribution >= 4 is 34.1 Å². The predicted molar refractivity (Wildman–Crippen MR) is 164 cm³/mol. The van der Waals surface area contributed by atoms with Gasteiger partial charge in [0.2, 0.25) is 0 Å². The van der Waals surface area contributed by atoms with Gasteiger partial charge in [-0.1, -0.05) is 18.5 Å². The Bertz CT molecular complexity index is 1560. The van der Waals surface area contributed by atoms with E-state index in [1.807, 2.05) is 0 Å². The van der Waals surface area contributed by atoms with E-state index in [0.29, 0.717) is 42.8 Å². The number of aryl methyl sites for hydroxylation is 2. The second kappa shape index (κ2) is 12.1. The van der Waals surface area contributed by atoms with E-state index < -0.39 is 28.8 Å². The number of rotatable bonds is 8. The molecule has 0 radical (unpaired) electrons. The predicted octanol–water partition coefficient (Wildman–Crippen LogP) is 6.52. The van der Waals surface area contributed by atoms with Crippen LogP contribution in [0.15, 0.2) is 6.07 Å². The molecule has 2 saturated heterocycles. The molecule has 0 spiro atoms. The molecule has 13 heteroatoms. The Morgan fingerprint density at radius 2 is 1.93 bits per heavy atom. The van der Waals surface area contributed by atoms with Gasteiger partial charge in [0.15, 0.2) is 5.82 Å². The van der Waals surface area contributed by atoms with Gasteiger partial charge in [-0.3, -0.25) is 4.90 Å². The zero-order chi connectivity index (χ0) is 31.2. The van der Waals surface area contributed by atoms with E-state index in [4.69, 9.17) is 27.1 Å². The maximum atomic E-state index is 16.8. The van der Waals surface area contributed by atoms with Gasteiger partial charge in [0.05, 0.1) is 32.8 Å². The third kappa shape index (κ3) is 5.64. The highest BCUT2D eigenvalue weighted by Crippen LogP contribution is 2.47. The maximum absolute atomic E-state index is 16.8. The fourth-order valence-electron chi connectivity index (χ4n) is 7.27. The largest absolute Gasteiger partial charge is 0.461 e. The quantitative estimate of drug-likeness (QED) is 0.190. The van der Waals surface area contributed by atoms with E-state index >= 15 is 4.39 Å². The molecule has 0 amide bonds. The third-order valence-corrected chi connectivity index (χ3v) is 9.69. The molecule has 0 aliphatic carbocycles. The van der Waals surface area contributed by atoms with E-state index in [0.717, 1.165) is 64.2 Å². The maximum Gasteiger partial charge on any atom is 0.418 e. The second-order valence-electron chi connectivity index (χ2n) is 12.3. The molecule has 3 aliphatic heterocycles. The molecule has 2 fully saturated rings. The number of fused-ring (bicyclic) bond motifs is 1. The van der Waals surface area contributed by atoms with E-state index in [1.165, 1.54) is 6.92 Å². The van der Waals surface area contributed by atoms with Crippen LogP contribution in [0, 0.1) is 12.7 Å². The zero-order valence-electron chi connectivity index (χ0n) is 25.0. The van der Waals surface area contributed by atoms with Crippen molar-refractivity contribution in [2.75, 3.05) is 43.8 Å². The molecule has 0 saturated carbocycles. The van der Waals surface area contributed by atoms with Gasteiger partial charge < -0.3 is 21.1 Å². The van der Waals surface area contributed by atoms with Crippen molar-refractivity contribution in [2.24, 2.45) is 0 Å². The molecule has 8 nitrogen and oxygen atoms in total. The Kier molecular flexibility index (Phi) is 8.53. The molecule has 1 unspecified atom stereocenters. The van der Waals surface area contributed by atoms with Crippen molar-refractivity contribution in [1.29, 1.82) is 0 Å². The molecule has 3 aromatic rings. The lowest BCUT2D eigenvalue weighted by Crippen LogP contribution is -2.43. The number of hydrogen-bond acceptors (Lipinski definition) is 8. The molecule has 3 aliphatic rings. The number of nitrogens with zero attached hydrogens (tertiary/aromatic N) is 4. The minimum absolute atomic E-state index is 0.0176. The zero-order valence-corrected chi connectivity index (χ0v) is 25.8. The number of ether oxygens (including phenoxy) is 1. The number of alkyl halides is 3. The first-order valence-electron chi connectivity index (χ1n) is 15.4. The summed E-state index contributed by atoms with van der Waals surface area (Å²) in [5.41, 5.74) is 3.72. The van der Waals surface area contributed by atoms with Gasteiger partial charge in [0, 0.05) is 12.6 Å². The molecule has 1 aromatic carbocycles. The summed E-state index contributed by atoms with van der Waals surface area (Å²) in [6, 6.07) is 1.08. The molecule has 2 aromatic heterocycles. The van der Waals surface area contributed by atoms with Crippen LogP contribution < -0.4 is 21.1 Å². The van der Waals surface area contributed by atoms with Crippen LogP contribution in [-0.4, -0.2) is 64.2 Å². The standard InChI is InChI=1S/C31H38ClF4N7O/c1-3-11-38-15-18-7-4-8-19-21-27(25(33)22(24(19)32)26-23(31(34,35)36)17(2)14-20(37)40-26)41-29(42-28(21)39-18)44-16-30-9-5-12-43(30)13-6-10-30/h14,18,38H,3-13,15-16H2,1-2H3,(H2,37,40)(H,39,41,42). The first-order chi connectivity index (χ1) is 21.0. The minimum atomic E-state index is -4.82. The molecule has 0 bridgehead atoms. The van der Waals surface area contributed by atoms with E-state index in [1.54, 1.807) is 0 Å². The van der Waals surface area contributed by atoms with Crippen LogP contribution in [0.4, 0.5) is 29.2 Å². The topological polar surface area (TPSA) is 101 Å². The highest BCUT2D eigenvalue weighted by atomic mass is 35.5. The van der Waals surface area contributed by atoms with Crippen molar-refractivity contribution in [1.82, 2.24) is 25.2 Å². The minimum Gasteiger partial charge on any atom is -0.461 e. The Morgan fingerprint density at radius 3 is 2.64 bits per heavy atom. The second-order valence-corrected chi connectivity index (χ2v) is 12.7. The van der Waals surface area contributed by atoms with Gasteiger partial charge in [-0.15, -0.1) is 0 Å². The van der Waals surface area contributed by atoms with Crippen LogP contribution in [0.2, 0.25) is 5.02 Å². The number of hydrogen-bond donors (Lipinski definition) is 3. The fraction of sp³-hybridized carbons (Fsp3) is 0.581. The van der Waals surface area contributed by atoms with Gasteiger partial charge in [-0.2, -0.15) is 23.1 Å². The Labute approximate surface area is 259 Å². The van der Waals surface area contributed by atoms with Crippen LogP contribution in [-0.2, 0) is 12.6 Å². The third-order valence-electron chi connectivity index (χ3n) is 9.28. The van der Waals surface area contributed by atoms with Crippen LogP contribution in [0.25, 0.3) is 22.2 Å². The van der Waals surface area contributed by atoms with Crippen molar-refractivity contribution < 1.29 is 22.3 Å². The van der Waals surface area contributed by atoms with Crippen LogP contribution in [0.5, 0.6) is 6.01 Å². The first kappa shape index (κ1) is 31.0. The van der Waals surface area contributed by atoms with Crippen LogP contribution >= 0.6 is 11.6 Å². The summed E-state index contributed by atoms with van der Waals surface area (Å²) in [7, 11) is 0. The highest BCUT2D eigenvalue weighted by Gasteiger charge is 2.45. The average molecular weight is 636 g/mol. The van der Waals surface area contributed by atoms with Crippen molar-refractivity contribution in [3.8, 4) is 17.3 Å². The summed E-state index contributed by atoms with van der Waals surface area (Å²) in [6.07, 6.45) is 2.10. The van der Waals surface area contributed by atoms with Crippen molar-refractivity contribution in [2.45, 2.75) is 83.0 Å². The van der Waals surface area contributed by atoms with Gasteiger partial charge in [0.1, 0.15) is 23.8 Å². The summed E-state index contributed by atoms with van der Waals surface area (Å²) in [4.78, 5) is 15.6. The number of pyridine rings is 1. The number of halogens is 5. The summed E-state index contributed by atoms with van der Waals surface area (Å²) < 4.78 is 66.1. The van der Waals surface area contributed by atoms with Gasteiger partial charge in [-0.25, -0.2) is 9.37 Å². The van der Waals surface area contributed by atoms with Crippen LogP contribution in [0.3, 0.4) is 0 Å². The summed E-state index contributed by atoms with van der Waals surface area (Å²) in [5.74, 6) is -0.831. The molecule has 4 N–H and O–H groups in total. The molecule has 6 rings (SSSR count). The lowest BCUT2D eigenvalue weighted by molar-refractivity contribution is -0.137. The lowest BCUT2D eigenvalue weighted by atomic mass is 9.92. The number of nitrogen functional groups attached to an aromatic ring is 1. The van der Waals surface area contributed by atoms with E-state index in [2.05, 4.69) is 32.4 Å². The number of anilines is 2. The molecule has 238 valence electrons. The van der Waals surface area contributed by atoms with Gasteiger partial charge in [-0.05, 0) is 95.1 Å². The average Bonchev–Trinajstić information content (AvgIpc) is 3.52. The SMILES string of the molecule is CCCNCC1CCCc2c(Cl)c(-c3nc(N)cc(C)c3C(F)(F)F)c(F)c3nc(OCC45CCCN4CCC5)nc(c23)N1. The molecule has 1 atom stereocenters. The highest BCUT2D eigenvalue weighted by molar-refractivity contribution is 6.35. The summed E-state index contributed by atoms with van der Waals surface area (Å²) in [5, 5.41) is 7.08. The summed E-state index contributed by atoms with van der Waals surface area (Å²) in [6.45, 7) is 7.24. The fourth-order valence-corrected chi connectivity index (χ4v) is 7.63. The smallest absolute Gasteiger partial charge is 0.418 e. The molecule has 44 heavy (non-hydrogen) atoms. The molecule has 5 heterocycles. The number of benzene rings is 1. The van der Waals surface area contributed by atoms with E-state index in [9.17, 15) is 13.2 Å². The van der Waals surface area contributed by atoms with Crippen molar-refractivity contribution in [3.05, 3.63) is 33.6 Å². The van der Waals surface area contributed by atoms with Crippen LogP contribution in [0.1, 0.15) is 68.6 Å². The number of nitrogens with two attached hydrogens (primary N) is 1. The number of aromatic nitrogens is 3. The molecular weight excluding hydrogens is 598 g/mol. The molecular formula is C31H38ClF4N7O. The monoisotopic (exact) mass is 635 g/mol. The van der Waals surface area contributed by atoms with Crippen molar-refractivity contribution in [3.63, 3.8) is 0 Å². The Balaban J connectivity index is 1.53. The Morgan fingerprint density at radius 1 is 1.18 bits per heavy atom. The van der Waals surface area contributed by atoms with Gasteiger partial charge >= 0.3 is 12.2 Å². The number of nitrogens with one attached hydrogen (secondary N) is 2. The van der Waals surface area contributed by atoms with E-state index in [-0.39, 0.29) is 39.5 Å². The Hall–Kier alpha value is -2.96. The lowest BCUT2D eigenvalue weighted by Gasteiger charge is -2.31. The first-order valence-corrected chi connectivity index (χ1v) is 15.8. The van der Waals surface area contributed by atoms with Gasteiger partial charge in [0.25, 0.3) is 0 Å². The summed E-state index contributed by atoms with van der Waals surface area (Å²) >= 11 is 6.85.